The SMILES string of the molecule is N#Cc1ccc(-c2nc(C3(c4ccc(-c5cnc(N)nc5)cc4)CCC3)no2)cc1. The number of rotatable bonds is 4. The molecule has 2 aromatic heterocycles. The van der Waals surface area contributed by atoms with Gasteiger partial charge in [-0.15, -0.1) is 0 Å². The molecule has 0 aliphatic heterocycles. The van der Waals surface area contributed by atoms with Crippen molar-refractivity contribution in [2.45, 2.75) is 24.7 Å². The molecule has 0 saturated heterocycles. The predicted octanol–water partition coefficient (Wildman–Crippen LogP) is 4.12. The zero-order valence-corrected chi connectivity index (χ0v) is 16.1. The molecular formula is C23H18N6O. The zero-order valence-electron chi connectivity index (χ0n) is 16.1. The number of hydrogen-bond acceptors (Lipinski definition) is 7. The summed E-state index contributed by atoms with van der Waals surface area (Å²) >= 11 is 0. The number of benzene rings is 2. The first-order valence-corrected chi connectivity index (χ1v) is 9.71. The molecule has 2 heterocycles. The molecule has 5 rings (SSSR count). The van der Waals surface area contributed by atoms with E-state index in [9.17, 15) is 0 Å². The van der Waals surface area contributed by atoms with Crippen LogP contribution >= 0.6 is 0 Å². The van der Waals surface area contributed by atoms with Crippen LogP contribution in [0.5, 0.6) is 0 Å². The number of hydrogen-bond donors (Lipinski definition) is 1. The van der Waals surface area contributed by atoms with Crippen LogP contribution in [-0.2, 0) is 5.41 Å². The standard InChI is InChI=1S/C23H18N6O/c24-12-15-2-4-17(5-3-15)20-28-21(29-30-20)23(10-1-11-23)19-8-6-16(7-9-19)18-13-26-22(25)27-14-18/h2-9,13-14H,1,10-11H2,(H2,25,26,27). The second-order valence-electron chi connectivity index (χ2n) is 7.46. The number of nitrogen functional groups attached to an aromatic ring is 1. The number of anilines is 1. The third-order valence-corrected chi connectivity index (χ3v) is 5.76. The molecule has 7 heteroatoms. The lowest BCUT2D eigenvalue weighted by Gasteiger charge is -2.39. The van der Waals surface area contributed by atoms with Crippen molar-refractivity contribution >= 4 is 5.95 Å². The van der Waals surface area contributed by atoms with Gasteiger partial charge in [-0.2, -0.15) is 10.2 Å². The summed E-state index contributed by atoms with van der Waals surface area (Å²) in [7, 11) is 0. The van der Waals surface area contributed by atoms with Crippen molar-refractivity contribution in [1.29, 1.82) is 5.26 Å². The van der Waals surface area contributed by atoms with Crippen LogP contribution < -0.4 is 5.73 Å². The Hall–Kier alpha value is -4.05. The predicted molar refractivity (Wildman–Crippen MR) is 111 cm³/mol. The second kappa shape index (κ2) is 7.08. The normalized spacial score (nSPS) is 14.6. The van der Waals surface area contributed by atoms with Gasteiger partial charge in [0.25, 0.3) is 5.89 Å². The number of nitrogens with zero attached hydrogens (tertiary/aromatic N) is 5. The molecule has 1 aliphatic rings. The topological polar surface area (TPSA) is 115 Å². The number of nitriles is 1. The largest absolute Gasteiger partial charge is 0.368 e. The van der Waals surface area contributed by atoms with Crippen molar-refractivity contribution in [2.75, 3.05) is 5.73 Å². The molecule has 1 aliphatic carbocycles. The molecule has 1 fully saturated rings. The van der Waals surface area contributed by atoms with Crippen molar-refractivity contribution in [1.82, 2.24) is 20.1 Å². The van der Waals surface area contributed by atoms with Crippen LogP contribution in [0.15, 0.2) is 65.4 Å². The highest BCUT2D eigenvalue weighted by Crippen LogP contribution is 2.48. The Balaban J connectivity index is 1.45. The van der Waals surface area contributed by atoms with E-state index in [1.165, 1.54) is 5.56 Å². The van der Waals surface area contributed by atoms with E-state index in [0.717, 1.165) is 36.0 Å². The fourth-order valence-electron chi connectivity index (χ4n) is 3.86. The molecule has 1 saturated carbocycles. The summed E-state index contributed by atoms with van der Waals surface area (Å²) in [5, 5.41) is 13.3. The minimum atomic E-state index is -0.232. The van der Waals surface area contributed by atoms with Crippen LogP contribution in [0, 0.1) is 11.3 Å². The van der Waals surface area contributed by atoms with Crippen LogP contribution in [0.2, 0.25) is 0 Å². The Kier molecular flexibility index (Phi) is 4.25. The first kappa shape index (κ1) is 18.0. The minimum absolute atomic E-state index is 0.232. The van der Waals surface area contributed by atoms with Crippen molar-refractivity contribution in [3.05, 3.63) is 77.9 Å². The van der Waals surface area contributed by atoms with E-state index in [-0.39, 0.29) is 11.4 Å². The molecule has 7 nitrogen and oxygen atoms in total. The van der Waals surface area contributed by atoms with Crippen LogP contribution in [0.25, 0.3) is 22.6 Å². The van der Waals surface area contributed by atoms with Gasteiger partial charge in [-0.25, -0.2) is 9.97 Å². The Morgan fingerprint density at radius 1 is 0.900 bits per heavy atom. The summed E-state index contributed by atoms with van der Waals surface area (Å²) in [6, 6.07) is 17.6. The molecule has 2 N–H and O–H groups in total. The number of aromatic nitrogens is 4. The van der Waals surface area contributed by atoms with Gasteiger partial charge in [0.15, 0.2) is 5.82 Å². The summed E-state index contributed by atoms with van der Waals surface area (Å²) in [5.74, 6) is 1.44. The maximum absolute atomic E-state index is 8.97. The van der Waals surface area contributed by atoms with E-state index in [1.807, 2.05) is 12.1 Å². The third kappa shape index (κ3) is 2.99. The summed E-state index contributed by atoms with van der Waals surface area (Å²) in [5.41, 5.74) is 9.86. The molecule has 0 amide bonds. The van der Waals surface area contributed by atoms with Crippen LogP contribution in [0.1, 0.15) is 36.2 Å². The van der Waals surface area contributed by atoms with E-state index in [2.05, 4.69) is 45.5 Å². The fraction of sp³-hybridized carbons (Fsp3) is 0.174. The molecule has 4 aromatic rings. The van der Waals surface area contributed by atoms with Gasteiger partial charge in [0.1, 0.15) is 0 Å². The molecule has 30 heavy (non-hydrogen) atoms. The van der Waals surface area contributed by atoms with Gasteiger partial charge in [0.05, 0.1) is 17.0 Å². The van der Waals surface area contributed by atoms with Gasteiger partial charge in [-0.3, -0.25) is 0 Å². The molecule has 0 unspecified atom stereocenters. The van der Waals surface area contributed by atoms with Gasteiger partial charge in [-0.1, -0.05) is 35.8 Å². The van der Waals surface area contributed by atoms with E-state index in [4.69, 9.17) is 20.5 Å². The summed E-state index contributed by atoms with van der Waals surface area (Å²) in [6.07, 6.45) is 6.51. The lowest BCUT2D eigenvalue weighted by Crippen LogP contribution is -2.36. The Bertz CT molecular complexity index is 1220. The molecule has 0 atom stereocenters. The molecule has 0 bridgehead atoms. The quantitative estimate of drug-likeness (QED) is 0.554. The fourth-order valence-corrected chi connectivity index (χ4v) is 3.86. The Morgan fingerprint density at radius 3 is 2.17 bits per heavy atom. The maximum Gasteiger partial charge on any atom is 0.257 e. The average molecular weight is 394 g/mol. The molecule has 0 radical (unpaired) electrons. The highest BCUT2D eigenvalue weighted by molar-refractivity contribution is 5.63. The molecular weight excluding hydrogens is 376 g/mol. The van der Waals surface area contributed by atoms with E-state index < -0.39 is 0 Å². The zero-order chi connectivity index (χ0) is 20.6. The summed E-state index contributed by atoms with van der Waals surface area (Å²) < 4.78 is 5.56. The smallest absolute Gasteiger partial charge is 0.257 e. The van der Waals surface area contributed by atoms with Crippen LogP contribution in [-0.4, -0.2) is 20.1 Å². The minimum Gasteiger partial charge on any atom is -0.368 e. The van der Waals surface area contributed by atoms with E-state index in [1.54, 1.807) is 24.5 Å². The van der Waals surface area contributed by atoms with Crippen LogP contribution in [0.4, 0.5) is 5.95 Å². The monoisotopic (exact) mass is 394 g/mol. The van der Waals surface area contributed by atoms with Gasteiger partial charge in [0.2, 0.25) is 5.95 Å². The lowest BCUT2D eigenvalue weighted by molar-refractivity contribution is 0.273. The van der Waals surface area contributed by atoms with Gasteiger partial charge >= 0.3 is 0 Å². The van der Waals surface area contributed by atoms with Crippen molar-refractivity contribution in [3.8, 4) is 28.7 Å². The van der Waals surface area contributed by atoms with Crippen molar-refractivity contribution in [3.63, 3.8) is 0 Å². The third-order valence-electron chi connectivity index (χ3n) is 5.76. The summed E-state index contributed by atoms with van der Waals surface area (Å²) in [6.45, 7) is 0. The first-order valence-electron chi connectivity index (χ1n) is 9.71. The molecule has 2 aromatic carbocycles. The van der Waals surface area contributed by atoms with Gasteiger partial charge in [-0.05, 0) is 48.2 Å². The molecule has 146 valence electrons. The van der Waals surface area contributed by atoms with Gasteiger partial charge < -0.3 is 10.3 Å². The highest BCUT2D eigenvalue weighted by atomic mass is 16.5. The van der Waals surface area contributed by atoms with E-state index in [0.29, 0.717) is 17.3 Å². The maximum atomic E-state index is 8.97. The Morgan fingerprint density at radius 2 is 1.57 bits per heavy atom. The van der Waals surface area contributed by atoms with E-state index >= 15 is 0 Å². The van der Waals surface area contributed by atoms with Crippen LogP contribution in [0.3, 0.4) is 0 Å². The highest BCUT2D eigenvalue weighted by Gasteiger charge is 2.44. The molecule has 0 spiro atoms. The Labute approximate surface area is 173 Å². The summed E-state index contributed by atoms with van der Waals surface area (Å²) in [4.78, 5) is 12.8. The van der Waals surface area contributed by atoms with Gasteiger partial charge in [0, 0.05) is 23.5 Å². The van der Waals surface area contributed by atoms with Crippen molar-refractivity contribution < 1.29 is 4.52 Å². The average Bonchev–Trinajstić information content (AvgIpc) is 3.24. The van der Waals surface area contributed by atoms with Crippen molar-refractivity contribution in [2.24, 2.45) is 0 Å². The lowest BCUT2D eigenvalue weighted by atomic mass is 9.64. The number of nitrogens with two attached hydrogens (primary N) is 1. The first-order chi connectivity index (χ1) is 14.7. The second-order valence-corrected chi connectivity index (χ2v) is 7.46.